The summed E-state index contributed by atoms with van der Waals surface area (Å²) in [6.07, 6.45) is 1.02. The van der Waals surface area contributed by atoms with Crippen LogP contribution >= 0.6 is 11.6 Å². The summed E-state index contributed by atoms with van der Waals surface area (Å²) in [6.45, 7) is 4.19. The summed E-state index contributed by atoms with van der Waals surface area (Å²) in [4.78, 5) is 16.4. The molecule has 1 N–H and O–H groups in total. The second-order valence-corrected chi connectivity index (χ2v) is 6.63. The Labute approximate surface area is 141 Å². The SMILES string of the molecule is O=C(C1CCCO1)N1CCN(CC(O)c2cccc(Cl)c2)CC1. The standard InChI is InChI=1S/C17H23ClN2O3/c18-14-4-1-3-13(11-14)15(21)12-19-6-8-20(9-7-19)17(22)16-5-2-10-23-16/h1,3-4,11,15-16,21H,2,5-10,12H2. The van der Waals surface area contributed by atoms with Gasteiger partial charge in [0, 0.05) is 44.4 Å². The quantitative estimate of drug-likeness (QED) is 0.908. The molecule has 2 fully saturated rings. The van der Waals surface area contributed by atoms with E-state index < -0.39 is 6.10 Å². The molecule has 2 aliphatic rings. The Morgan fingerprint density at radius 3 is 2.78 bits per heavy atom. The Hall–Kier alpha value is -1.14. The summed E-state index contributed by atoms with van der Waals surface area (Å²) >= 11 is 5.97. The van der Waals surface area contributed by atoms with Gasteiger partial charge in [0.15, 0.2) is 0 Å². The summed E-state index contributed by atoms with van der Waals surface area (Å²) in [6, 6.07) is 7.32. The number of halogens is 1. The van der Waals surface area contributed by atoms with E-state index in [2.05, 4.69) is 4.90 Å². The molecule has 2 aliphatic heterocycles. The molecule has 5 nitrogen and oxygen atoms in total. The third kappa shape index (κ3) is 4.23. The fourth-order valence-electron chi connectivity index (χ4n) is 3.19. The number of hydrogen-bond donors (Lipinski definition) is 1. The van der Waals surface area contributed by atoms with E-state index in [-0.39, 0.29) is 12.0 Å². The number of carbonyl (C=O) groups is 1. The van der Waals surface area contributed by atoms with Gasteiger partial charge in [-0.25, -0.2) is 0 Å². The van der Waals surface area contributed by atoms with Crippen LogP contribution in [0.1, 0.15) is 24.5 Å². The summed E-state index contributed by atoms with van der Waals surface area (Å²) < 4.78 is 5.47. The fourth-order valence-corrected chi connectivity index (χ4v) is 3.39. The molecule has 2 heterocycles. The van der Waals surface area contributed by atoms with Gasteiger partial charge < -0.3 is 14.7 Å². The number of carbonyl (C=O) groups excluding carboxylic acids is 1. The normalized spacial score (nSPS) is 23.9. The average molecular weight is 339 g/mol. The number of amides is 1. The van der Waals surface area contributed by atoms with Crippen LogP contribution in [-0.2, 0) is 9.53 Å². The van der Waals surface area contributed by atoms with Gasteiger partial charge in [-0.05, 0) is 30.5 Å². The van der Waals surface area contributed by atoms with Crippen LogP contribution in [-0.4, -0.2) is 66.2 Å². The van der Waals surface area contributed by atoms with Gasteiger partial charge in [-0.2, -0.15) is 0 Å². The van der Waals surface area contributed by atoms with Gasteiger partial charge in [0.25, 0.3) is 5.91 Å². The molecule has 1 aromatic rings. The zero-order valence-electron chi connectivity index (χ0n) is 13.2. The van der Waals surface area contributed by atoms with Gasteiger partial charge in [0.1, 0.15) is 6.10 Å². The van der Waals surface area contributed by atoms with E-state index in [0.29, 0.717) is 31.3 Å². The Kier molecular flexibility index (Phi) is 5.54. The van der Waals surface area contributed by atoms with E-state index in [1.807, 2.05) is 17.0 Å². The molecule has 2 atom stereocenters. The van der Waals surface area contributed by atoms with Crippen LogP contribution in [0.25, 0.3) is 0 Å². The van der Waals surface area contributed by atoms with Crippen molar-refractivity contribution in [2.75, 3.05) is 39.3 Å². The van der Waals surface area contributed by atoms with E-state index in [4.69, 9.17) is 16.3 Å². The second-order valence-electron chi connectivity index (χ2n) is 6.20. The molecular weight excluding hydrogens is 316 g/mol. The molecule has 2 saturated heterocycles. The predicted octanol–water partition coefficient (Wildman–Crippen LogP) is 1.70. The fraction of sp³-hybridized carbons (Fsp3) is 0.588. The number of β-amino-alcohol motifs (C(OH)–C–C–N with tert-alkyl or cyclic N) is 1. The van der Waals surface area contributed by atoms with Crippen molar-refractivity contribution in [1.29, 1.82) is 0 Å². The van der Waals surface area contributed by atoms with E-state index in [1.165, 1.54) is 0 Å². The van der Waals surface area contributed by atoms with E-state index >= 15 is 0 Å². The molecule has 6 heteroatoms. The molecule has 1 amide bonds. The predicted molar refractivity (Wildman–Crippen MR) is 88.4 cm³/mol. The lowest BCUT2D eigenvalue weighted by molar-refractivity contribution is -0.142. The lowest BCUT2D eigenvalue weighted by Gasteiger charge is -2.36. The molecular formula is C17H23ClN2O3. The highest BCUT2D eigenvalue weighted by molar-refractivity contribution is 6.30. The molecule has 1 aromatic carbocycles. The van der Waals surface area contributed by atoms with Crippen LogP contribution in [0.2, 0.25) is 5.02 Å². The Morgan fingerprint density at radius 1 is 1.35 bits per heavy atom. The number of aliphatic hydroxyl groups is 1. The summed E-state index contributed by atoms with van der Waals surface area (Å²) in [7, 11) is 0. The van der Waals surface area contributed by atoms with Crippen molar-refractivity contribution >= 4 is 17.5 Å². The van der Waals surface area contributed by atoms with Gasteiger partial charge in [-0.1, -0.05) is 23.7 Å². The number of piperazine rings is 1. The first-order valence-corrected chi connectivity index (χ1v) is 8.57. The highest BCUT2D eigenvalue weighted by Crippen LogP contribution is 2.20. The first-order chi connectivity index (χ1) is 11.1. The highest BCUT2D eigenvalue weighted by Gasteiger charge is 2.30. The first kappa shape index (κ1) is 16.7. The molecule has 0 spiro atoms. The van der Waals surface area contributed by atoms with Gasteiger partial charge in [-0.3, -0.25) is 9.69 Å². The number of benzene rings is 1. The molecule has 2 unspecified atom stereocenters. The molecule has 23 heavy (non-hydrogen) atoms. The third-order valence-corrected chi connectivity index (χ3v) is 4.79. The van der Waals surface area contributed by atoms with Crippen LogP contribution in [0.15, 0.2) is 24.3 Å². The van der Waals surface area contributed by atoms with Crippen LogP contribution in [0.5, 0.6) is 0 Å². The number of nitrogens with zero attached hydrogens (tertiary/aromatic N) is 2. The monoisotopic (exact) mass is 338 g/mol. The van der Waals surface area contributed by atoms with Crippen LogP contribution in [0.3, 0.4) is 0 Å². The topological polar surface area (TPSA) is 53.0 Å². The minimum atomic E-state index is -0.561. The summed E-state index contributed by atoms with van der Waals surface area (Å²) in [5.41, 5.74) is 0.829. The van der Waals surface area contributed by atoms with Crippen molar-refractivity contribution in [3.8, 4) is 0 Å². The lowest BCUT2D eigenvalue weighted by Crippen LogP contribution is -2.52. The van der Waals surface area contributed by atoms with Gasteiger partial charge >= 0.3 is 0 Å². The minimum absolute atomic E-state index is 0.123. The largest absolute Gasteiger partial charge is 0.387 e. The van der Waals surface area contributed by atoms with Gasteiger partial charge in [0.2, 0.25) is 0 Å². The lowest BCUT2D eigenvalue weighted by atomic mass is 10.1. The van der Waals surface area contributed by atoms with Crippen molar-refractivity contribution < 1.29 is 14.6 Å². The summed E-state index contributed by atoms with van der Waals surface area (Å²) in [5, 5.41) is 11.0. The maximum Gasteiger partial charge on any atom is 0.251 e. The average Bonchev–Trinajstić information content (AvgIpc) is 3.09. The number of rotatable bonds is 4. The Bertz CT molecular complexity index is 540. The molecule has 0 aromatic heterocycles. The Balaban J connectivity index is 1.48. The Morgan fingerprint density at radius 2 is 2.13 bits per heavy atom. The van der Waals surface area contributed by atoms with E-state index in [9.17, 15) is 9.90 Å². The van der Waals surface area contributed by atoms with Crippen molar-refractivity contribution in [2.24, 2.45) is 0 Å². The van der Waals surface area contributed by atoms with Crippen LogP contribution < -0.4 is 0 Å². The zero-order chi connectivity index (χ0) is 16.2. The van der Waals surface area contributed by atoms with Gasteiger partial charge in [-0.15, -0.1) is 0 Å². The second kappa shape index (κ2) is 7.62. The third-order valence-electron chi connectivity index (χ3n) is 4.55. The molecule has 0 bridgehead atoms. The molecule has 0 saturated carbocycles. The van der Waals surface area contributed by atoms with Crippen molar-refractivity contribution in [2.45, 2.75) is 25.0 Å². The molecule has 0 aliphatic carbocycles. The smallest absolute Gasteiger partial charge is 0.251 e. The van der Waals surface area contributed by atoms with Crippen molar-refractivity contribution in [3.05, 3.63) is 34.9 Å². The maximum atomic E-state index is 12.3. The van der Waals surface area contributed by atoms with Crippen molar-refractivity contribution in [1.82, 2.24) is 9.80 Å². The van der Waals surface area contributed by atoms with E-state index in [0.717, 1.165) is 31.5 Å². The molecule has 126 valence electrons. The maximum absolute atomic E-state index is 12.3. The minimum Gasteiger partial charge on any atom is -0.387 e. The zero-order valence-corrected chi connectivity index (χ0v) is 13.9. The number of ether oxygens (including phenoxy) is 1. The van der Waals surface area contributed by atoms with Gasteiger partial charge in [0.05, 0.1) is 6.10 Å². The summed E-state index contributed by atoms with van der Waals surface area (Å²) in [5.74, 6) is 0.123. The molecule has 0 radical (unpaired) electrons. The first-order valence-electron chi connectivity index (χ1n) is 8.20. The highest BCUT2D eigenvalue weighted by atomic mass is 35.5. The number of hydrogen-bond acceptors (Lipinski definition) is 4. The molecule has 3 rings (SSSR count). The van der Waals surface area contributed by atoms with Crippen LogP contribution in [0, 0.1) is 0 Å². The number of aliphatic hydroxyl groups excluding tert-OH is 1. The van der Waals surface area contributed by atoms with Crippen LogP contribution in [0.4, 0.5) is 0 Å². The van der Waals surface area contributed by atoms with Crippen molar-refractivity contribution in [3.63, 3.8) is 0 Å². The van der Waals surface area contributed by atoms with E-state index in [1.54, 1.807) is 12.1 Å².